The van der Waals surface area contributed by atoms with Crippen LogP contribution in [0.2, 0.25) is 0 Å². The second kappa shape index (κ2) is 9.03. The quantitative estimate of drug-likeness (QED) is 0.624. The van der Waals surface area contributed by atoms with Crippen molar-refractivity contribution >= 4 is 23.5 Å². The number of piperidine rings is 1. The first-order valence-corrected chi connectivity index (χ1v) is 10.1. The molecule has 2 aromatic rings. The number of anilines is 1. The molecule has 0 saturated carbocycles. The molecule has 26 heavy (non-hydrogen) atoms. The molecule has 1 saturated heterocycles. The number of carbonyl (C=O) groups excluding carboxylic acids is 1. The summed E-state index contributed by atoms with van der Waals surface area (Å²) in [6.07, 6.45) is 3.06. The Labute approximate surface area is 159 Å². The summed E-state index contributed by atoms with van der Waals surface area (Å²) in [6, 6.07) is 11.9. The summed E-state index contributed by atoms with van der Waals surface area (Å²) in [6.45, 7) is 7.18. The van der Waals surface area contributed by atoms with Gasteiger partial charge in [-0.1, -0.05) is 55.9 Å². The van der Waals surface area contributed by atoms with Crippen molar-refractivity contribution in [1.29, 1.82) is 0 Å². The molecule has 0 aliphatic carbocycles. The van der Waals surface area contributed by atoms with Gasteiger partial charge >= 0.3 is 0 Å². The maximum atomic E-state index is 12.1. The van der Waals surface area contributed by atoms with Gasteiger partial charge in [0.1, 0.15) is 5.82 Å². The van der Waals surface area contributed by atoms with Crippen molar-refractivity contribution in [1.82, 2.24) is 15.3 Å². The average molecular weight is 371 g/mol. The van der Waals surface area contributed by atoms with Gasteiger partial charge in [0.2, 0.25) is 5.91 Å². The van der Waals surface area contributed by atoms with E-state index in [1.165, 1.54) is 18.2 Å². The van der Waals surface area contributed by atoms with Gasteiger partial charge in [-0.25, -0.2) is 9.97 Å². The van der Waals surface area contributed by atoms with Crippen LogP contribution in [0.4, 0.5) is 5.82 Å². The van der Waals surface area contributed by atoms with Crippen LogP contribution in [0.15, 0.2) is 47.8 Å². The highest BCUT2D eigenvalue weighted by atomic mass is 32.2. The predicted octanol–water partition coefficient (Wildman–Crippen LogP) is 3.37. The van der Waals surface area contributed by atoms with Crippen LogP contribution in [0.3, 0.4) is 0 Å². The number of hydrogen-bond donors (Lipinski definition) is 1. The Hall–Kier alpha value is -2.08. The largest absolute Gasteiger partial charge is 0.356 e. The van der Waals surface area contributed by atoms with Gasteiger partial charge in [0.05, 0.1) is 5.75 Å². The van der Waals surface area contributed by atoms with Gasteiger partial charge in [0.25, 0.3) is 0 Å². The van der Waals surface area contributed by atoms with Crippen LogP contribution in [0.25, 0.3) is 0 Å². The van der Waals surface area contributed by atoms with Crippen molar-refractivity contribution < 1.29 is 4.79 Å². The SMILES string of the molecule is C[C@@H]1C[C@H](C)CN(c2ccnc(SCC(=O)NCc3ccccc3)n2)C1. The lowest BCUT2D eigenvalue weighted by molar-refractivity contribution is -0.118. The van der Waals surface area contributed by atoms with E-state index in [0.29, 0.717) is 29.3 Å². The second-order valence-electron chi connectivity index (χ2n) is 7.10. The molecule has 6 heteroatoms. The van der Waals surface area contributed by atoms with Crippen molar-refractivity contribution in [3.05, 3.63) is 48.2 Å². The molecule has 1 amide bonds. The minimum atomic E-state index is -0.00641. The average Bonchev–Trinajstić information content (AvgIpc) is 2.65. The molecule has 2 heterocycles. The van der Waals surface area contributed by atoms with Gasteiger partial charge in [-0.15, -0.1) is 0 Å². The van der Waals surface area contributed by atoms with Crippen molar-refractivity contribution in [2.45, 2.75) is 32.0 Å². The van der Waals surface area contributed by atoms with Gasteiger partial charge < -0.3 is 10.2 Å². The van der Waals surface area contributed by atoms with E-state index < -0.39 is 0 Å². The van der Waals surface area contributed by atoms with Crippen LogP contribution in [-0.2, 0) is 11.3 Å². The minimum Gasteiger partial charge on any atom is -0.356 e. The molecule has 3 rings (SSSR count). The van der Waals surface area contributed by atoms with E-state index in [-0.39, 0.29) is 5.91 Å². The maximum absolute atomic E-state index is 12.1. The molecule has 0 unspecified atom stereocenters. The molecule has 1 fully saturated rings. The highest BCUT2D eigenvalue weighted by Gasteiger charge is 2.23. The highest BCUT2D eigenvalue weighted by molar-refractivity contribution is 7.99. The molecular weight excluding hydrogens is 344 g/mol. The predicted molar refractivity (Wildman–Crippen MR) is 106 cm³/mol. The van der Waals surface area contributed by atoms with E-state index in [9.17, 15) is 4.79 Å². The lowest BCUT2D eigenvalue weighted by Gasteiger charge is -2.35. The maximum Gasteiger partial charge on any atom is 0.230 e. The van der Waals surface area contributed by atoms with E-state index in [1.807, 2.05) is 36.4 Å². The monoisotopic (exact) mass is 370 g/mol. The summed E-state index contributed by atoms with van der Waals surface area (Å²) in [5.74, 6) is 2.63. The first-order valence-electron chi connectivity index (χ1n) is 9.11. The van der Waals surface area contributed by atoms with Crippen LogP contribution in [0.5, 0.6) is 0 Å². The van der Waals surface area contributed by atoms with Crippen molar-refractivity contribution in [3.63, 3.8) is 0 Å². The van der Waals surface area contributed by atoms with Crippen molar-refractivity contribution in [3.8, 4) is 0 Å². The lowest BCUT2D eigenvalue weighted by Crippen LogP contribution is -2.39. The van der Waals surface area contributed by atoms with Gasteiger partial charge in [-0.3, -0.25) is 4.79 Å². The zero-order valence-electron chi connectivity index (χ0n) is 15.4. The number of amides is 1. The number of hydrogen-bond acceptors (Lipinski definition) is 5. The molecule has 1 aliphatic rings. The molecular formula is C20H26N4OS. The Morgan fingerprint density at radius 3 is 2.65 bits per heavy atom. The fourth-order valence-electron chi connectivity index (χ4n) is 3.41. The summed E-state index contributed by atoms with van der Waals surface area (Å²) >= 11 is 1.38. The molecule has 5 nitrogen and oxygen atoms in total. The topological polar surface area (TPSA) is 58.1 Å². The van der Waals surface area contributed by atoms with Crippen LogP contribution < -0.4 is 10.2 Å². The first kappa shape index (κ1) is 18.7. The third-order valence-corrected chi connectivity index (χ3v) is 5.34. The molecule has 1 aliphatic heterocycles. The van der Waals surface area contributed by atoms with Gasteiger partial charge in [-0.05, 0) is 29.9 Å². The summed E-state index contributed by atoms with van der Waals surface area (Å²) < 4.78 is 0. The fraction of sp³-hybridized carbons (Fsp3) is 0.450. The van der Waals surface area contributed by atoms with Crippen LogP contribution in [0.1, 0.15) is 25.8 Å². The number of rotatable bonds is 6. The number of aromatic nitrogens is 2. The molecule has 2 atom stereocenters. The van der Waals surface area contributed by atoms with Gasteiger partial charge in [-0.2, -0.15) is 0 Å². The van der Waals surface area contributed by atoms with E-state index in [2.05, 4.69) is 34.0 Å². The Kier molecular flexibility index (Phi) is 6.50. The molecule has 0 bridgehead atoms. The first-order chi connectivity index (χ1) is 12.6. The van der Waals surface area contributed by atoms with Gasteiger partial charge in [0.15, 0.2) is 5.16 Å². The molecule has 138 valence electrons. The number of carbonyl (C=O) groups is 1. The Balaban J connectivity index is 1.51. The number of thioether (sulfide) groups is 1. The summed E-state index contributed by atoms with van der Waals surface area (Å²) in [5, 5.41) is 3.59. The normalized spacial score (nSPS) is 20.0. The molecule has 0 spiro atoms. The second-order valence-corrected chi connectivity index (χ2v) is 8.04. The molecule has 0 radical (unpaired) electrons. The number of nitrogens with zero attached hydrogens (tertiary/aromatic N) is 3. The van der Waals surface area contributed by atoms with E-state index in [1.54, 1.807) is 6.20 Å². The van der Waals surface area contributed by atoms with E-state index >= 15 is 0 Å². The zero-order valence-corrected chi connectivity index (χ0v) is 16.2. The standard InChI is InChI=1S/C20H26N4OS/c1-15-10-16(2)13-24(12-15)18-8-9-21-20(23-18)26-14-19(25)22-11-17-6-4-3-5-7-17/h3-9,15-16H,10-14H2,1-2H3,(H,22,25)/t15-,16+. The van der Waals surface area contributed by atoms with Crippen LogP contribution >= 0.6 is 11.8 Å². The summed E-state index contributed by atoms with van der Waals surface area (Å²) in [7, 11) is 0. The summed E-state index contributed by atoms with van der Waals surface area (Å²) in [4.78, 5) is 23.4. The number of benzene rings is 1. The Morgan fingerprint density at radius 1 is 1.19 bits per heavy atom. The highest BCUT2D eigenvalue weighted by Crippen LogP contribution is 2.26. The lowest BCUT2D eigenvalue weighted by atomic mass is 9.92. The van der Waals surface area contributed by atoms with Crippen LogP contribution in [0, 0.1) is 11.8 Å². The Bertz CT molecular complexity index is 715. The van der Waals surface area contributed by atoms with E-state index in [0.717, 1.165) is 24.5 Å². The van der Waals surface area contributed by atoms with Crippen molar-refractivity contribution in [2.24, 2.45) is 11.8 Å². The molecule has 1 aromatic heterocycles. The zero-order chi connectivity index (χ0) is 18.4. The minimum absolute atomic E-state index is 0.00641. The third kappa shape index (κ3) is 5.46. The van der Waals surface area contributed by atoms with Crippen molar-refractivity contribution in [2.75, 3.05) is 23.7 Å². The van der Waals surface area contributed by atoms with Gasteiger partial charge in [0, 0.05) is 25.8 Å². The van der Waals surface area contributed by atoms with Crippen LogP contribution in [-0.4, -0.2) is 34.7 Å². The third-order valence-electron chi connectivity index (χ3n) is 4.48. The fourth-order valence-corrected chi connectivity index (χ4v) is 4.06. The van der Waals surface area contributed by atoms with E-state index in [4.69, 9.17) is 0 Å². The molecule has 1 aromatic carbocycles. The summed E-state index contributed by atoms with van der Waals surface area (Å²) in [5.41, 5.74) is 1.09. The number of nitrogens with one attached hydrogen (secondary N) is 1. The molecule has 1 N–H and O–H groups in total. The smallest absolute Gasteiger partial charge is 0.230 e. The Morgan fingerprint density at radius 2 is 1.92 bits per heavy atom.